The summed E-state index contributed by atoms with van der Waals surface area (Å²) < 4.78 is 5.72. The average molecular weight is 384 g/mol. The van der Waals surface area contributed by atoms with E-state index in [1.54, 1.807) is 0 Å². The molecule has 1 aliphatic rings. The maximum atomic E-state index is 5.72. The van der Waals surface area contributed by atoms with Crippen molar-refractivity contribution in [2.24, 2.45) is 0 Å². The molecule has 144 valence electrons. The van der Waals surface area contributed by atoms with Gasteiger partial charge in [0.25, 0.3) is 0 Å². The van der Waals surface area contributed by atoms with Crippen molar-refractivity contribution in [1.82, 2.24) is 5.32 Å². The van der Waals surface area contributed by atoms with Crippen LogP contribution in [0.1, 0.15) is 32.8 Å². The SMILES string of the molecule is CC(C)Oc1cccc(NC(=S)NCCCN2c3ccccc3C[C@@H]2C)c1. The summed E-state index contributed by atoms with van der Waals surface area (Å²) in [7, 11) is 0. The topological polar surface area (TPSA) is 36.5 Å². The van der Waals surface area contributed by atoms with Crippen LogP contribution in [0.2, 0.25) is 0 Å². The lowest BCUT2D eigenvalue weighted by molar-refractivity contribution is 0.242. The minimum Gasteiger partial charge on any atom is -0.491 e. The summed E-state index contributed by atoms with van der Waals surface area (Å²) in [5.74, 6) is 0.847. The molecule has 0 fully saturated rings. The summed E-state index contributed by atoms with van der Waals surface area (Å²) >= 11 is 5.42. The maximum Gasteiger partial charge on any atom is 0.170 e. The van der Waals surface area contributed by atoms with Crippen molar-refractivity contribution in [1.29, 1.82) is 0 Å². The molecule has 1 heterocycles. The second-order valence-electron chi connectivity index (χ2n) is 7.30. The molecular weight excluding hydrogens is 354 g/mol. The van der Waals surface area contributed by atoms with Gasteiger partial charge < -0.3 is 20.3 Å². The van der Waals surface area contributed by atoms with E-state index < -0.39 is 0 Å². The van der Waals surface area contributed by atoms with E-state index in [9.17, 15) is 0 Å². The fourth-order valence-corrected chi connectivity index (χ4v) is 3.74. The molecule has 0 bridgehead atoms. The molecule has 0 amide bonds. The van der Waals surface area contributed by atoms with Gasteiger partial charge >= 0.3 is 0 Å². The van der Waals surface area contributed by atoms with E-state index in [1.165, 1.54) is 11.3 Å². The minimum atomic E-state index is 0.156. The Hall–Kier alpha value is -2.27. The van der Waals surface area contributed by atoms with E-state index >= 15 is 0 Å². The van der Waals surface area contributed by atoms with Crippen molar-refractivity contribution in [2.45, 2.75) is 45.8 Å². The van der Waals surface area contributed by atoms with Gasteiger partial charge in [0.1, 0.15) is 5.75 Å². The Morgan fingerprint density at radius 3 is 2.85 bits per heavy atom. The fourth-order valence-electron chi connectivity index (χ4n) is 3.52. The number of benzene rings is 2. The largest absolute Gasteiger partial charge is 0.491 e. The molecule has 0 radical (unpaired) electrons. The normalized spacial score (nSPS) is 15.6. The second kappa shape index (κ2) is 9.09. The lowest BCUT2D eigenvalue weighted by Gasteiger charge is -2.25. The number of nitrogens with one attached hydrogen (secondary N) is 2. The van der Waals surface area contributed by atoms with Gasteiger partial charge in [-0.2, -0.15) is 0 Å². The van der Waals surface area contributed by atoms with Crippen LogP contribution >= 0.6 is 12.2 Å². The van der Waals surface area contributed by atoms with E-state index in [2.05, 4.69) is 46.7 Å². The zero-order valence-corrected chi connectivity index (χ0v) is 17.2. The fraction of sp³-hybridized carbons (Fsp3) is 0.409. The number of nitrogens with zero attached hydrogens (tertiary/aromatic N) is 1. The third-order valence-electron chi connectivity index (χ3n) is 4.67. The van der Waals surface area contributed by atoms with E-state index in [-0.39, 0.29) is 6.10 Å². The molecule has 0 unspecified atom stereocenters. The third kappa shape index (κ3) is 5.36. The van der Waals surface area contributed by atoms with Gasteiger partial charge in [0, 0.05) is 36.6 Å². The van der Waals surface area contributed by atoms with Gasteiger partial charge in [-0.15, -0.1) is 0 Å². The highest BCUT2D eigenvalue weighted by atomic mass is 32.1. The van der Waals surface area contributed by atoms with E-state index in [1.807, 2.05) is 38.1 Å². The monoisotopic (exact) mass is 383 g/mol. The summed E-state index contributed by atoms with van der Waals surface area (Å²) in [6, 6.07) is 17.2. The first-order valence-corrected chi connectivity index (χ1v) is 10.1. The molecule has 3 rings (SSSR count). The molecular formula is C22H29N3OS. The maximum absolute atomic E-state index is 5.72. The second-order valence-corrected chi connectivity index (χ2v) is 7.71. The molecule has 2 aromatic carbocycles. The van der Waals surface area contributed by atoms with Crippen LogP contribution in [-0.4, -0.2) is 30.3 Å². The van der Waals surface area contributed by atoms with Crippen molar-refractivity contribution >= 4 is 28.7 Å². The standard InChI is InChI=1S/C22H29N3OS/c1-16(2)26-20-10-6-9-19(15-20)24-22(27)23-12-7-13-25-17(3)14-18-8-4-5-11-21(18)25/h4-6,8-11,15-17H,7,12-14H2,1-3H3,(H2,23,24,27)/t17-/m0/s1. The molecule has 2 N–H and O–H groups in total. The summed E-state index contributed by atoms with van der Waals surface area (Å²) in [5.41, 5.74) is 3.78. The molecule has 4 nitrogen and oxygen atoms in total. The zero-order chi connectivity index (χ0) is 19.2. The van der Waals surface area contributed by atoms with Crippen LogP contribution in [0.15, 0.2) is 48.5 Å². The van der Waals surface area contributed by atoms with Crippen molar-refractivity contribution in [3.05, 3.63) is 54.1 Å². The van der Waals surface area contributed by atoms with E-state index in [0.29, 0.717) is 11.2 Å². The number of hydrogen-bond acceptors (Lipinski definition) is 3. The highest BCUT2D eigenvalue weighted by Gasteiger charge is 2.24. The highest BCUT2D eigenvalue weighted by molar-refractivity contribution is 7.80. The summed E-state index contributed by atoms with van der Waals surface area (Å²) in [6.07, 6.45) is 2.33. The van der Waals surface area contributed by atoms with Gasteiger partial charge in [0.05, 0.1) is 6.10 Å². The lowest BCUT2D eigenvalue weighted by Crippen LogP contribution is -2.34. The first kappa shape index (κ1) is 19.5. The first-order chi connectivity index (χ1) is 13.0. The molecule has 1 atom stereocenters. The van der Waals surface area contributed by atoms with Crippen LogP contribution in [0, 0.1) is 0 Å². The van der Waals surface area contributed by atoms with Crippen LogP contribution in [0.4, 0.5) is 11.4 Å². The number of ether oxygens (including phenoxy) is 1. The Balaban J connectivity index is 1.43. The van der Waals surface area contributed by atoms with Gasteiger partial charge in [-0.25, -0.2) is 0 Å². The van der Waals surface area contributed by atoms with Crippen LogP contribution in [-0.2, 0) is 6.42 Å². The number of fused-ring (bicyclic) bond motifs is 1. The van der Waals surface area contributed by atoms with Gasteiger partial charge in [0.2, 0.25) is 0 Å². The van der Waals surface area contributed by atoms with E-state index in [4.69, 9.17) is 17.0 Å². The van der Waals surface area contributed by atoms with Gasteiger partial charge in [0.15, 0.2) is 5.11 Å². The molecule has 5 heteroatoms. The summed E-state index contributed by atoms with van der Waals surface area (Å²) in [6.45, 7) is 8.22. The number of anilines is 2. The first-order valence-electron chi connectivity index (χ1n) is 9.69. The number of hydrogen-bond donors (Lipinski definition) is 2. The molecule has 0 saturated carbocycles. The quantitative estimate of drug-likeness (QED) is 0.540. The van der Waals surface area contributed by atoms with Crippen molar-refractivity contribution in [3.8, 4) is 5.75 Å². The van der Waals surface area contributed by atoms with E-state index in [0.717, 1.165) is 37.4 Å². The molecule has 0 aliphatic carbocycles. The highest BCUT2D eigenvalue weighted by Crippen LogP contribution is 2.31. The molecule has 2 aromatic rings. The predicted molar refractivity (Wildman–Crippen MR) is 118 cm³/mol. The Bertz CT molecular complexity index is 778. The van der Waals surface area contributed by atoms with Crippen molar-refractivity contribution in [2.75, 3.05) is 23.3 Å². The third-order valence-corrected chi connectivity index (χ3v) is 4.92. The lowest BCUT2D eigenvalue weighted by atomic mass is 10.1. The molecule has 0 spiro atoms. The smallest absolute Gasteiger partial charge is 0.170 e. The summed E-state index contributed by atoms with van der Waals surface area (Å²) in [4.78, 5) is 2.50. The van der Waals surface area contributed by atoms with Crippen molar-refractivity contribution in [3.63, 3.8) is 0 Å². The number of rotatable bonds is 7. The van der Waals surface area contributed by atoms with Crippen LogP contribution in [0.5, 0.6) is 5.75 Å². The molecule has 0 saturated heterocycles. The Morgan fingerprint density at radius 2 is 2.04 bits per heavy atom. The molecule has 1 aliphatic heterocycles. The zero-order valence-electron chi connectivity index (χ0n) is 16.4. The average Bonchev–Trinajstić information content (AvgIpc) is 2.94. The van der Waals surface area contributed by atoms with Gasteiger partial charge in [-0.3, -0.25) is 0 Å². The Kier molecular flexibility index (Phi) is 6.56. The van der Waals surface area contributed by atoms with Crippen molar-refractivity contribution < 1.29 is 4.74 Å². The summed E-state index contributed by atoms with van der Waals surface area (Å²) in [5, 5.41) is 7.19. The number of thiocarbonyl (C=S) groups is 1. The Labute approximate surface area is 167 Å². The molecule has 0 aromatic heterocycles. The van der Waals surface area contributed by atoms with Crippen LogP contribution < -0.4 is 20.3 Å². The van der Waals surface area contributed by atoms with Crippen LogP contribution in [0.25, 0.3) is 0 Å². The van der Waals surface area contributed by atoms with Gasteiger partial charge in [-0.1, -0.05) is 24.3 Å². The predicted octanol–water partition coefficient (Wildman–Crippen LogP) is 4.60. The Morgan fingerprint density at radius 1 is 1.22 bits per heavy atom. The molecule has 27 heavy (non-hydrogen) atoms. The van der Waals surface area contributed by atoms with Gasteiger partial charge in [-0.05, 0) is 69.6 Å². The van der Waals surface area contributed by atoms with Crippen LogP contribution in [0.3, 0.4) is 0 Å². The minimum absolute atomic E-state index is 0.156. The number of para-hydroxylation sites is 1.